The van der Waals surface area contributed by atoms with Crippen molar-refractivity contribution in [2.24, 2.45) is 0 Å². The maximum Gasteiger partial charge on any atom is 0.195 e. The molecule has 1 aromatic carbocycles. The van der Waals surface area contributed by atoms with Gasteiger partial charge in [-0.2, -0.15) is 5.26 Å². The molecule has 0 aliphatic heterocycles. The molecular formula is C9H6N2S. The second-order valence-electron chi connectivity index (χ2n) is 2.60. The zero-order valence-corrected chi connectivity index (χ0v) is 7.35. The van der Waals surface area contributed by atoms with Crippen LogP contribution >= 0.6 is 11.3 Å². The first-order chi connectivity index (χ1) is 5.79. The van der Waals surface area contributed by atoms with Crippen LogP contribution in [-0.4, -0.2) is 4.98 Å². The van der Waals surface area contributed by atoms with Crippen LogP contribution in [0.2, 0.25) is 0 Å². The van der Waals surface area contributed by atoms with E-state index in [4.69, 9.17) is 5.26 Å². The summed E-state index contributed by atoms with van der Waals surface area (Å²) in [5, 5.41) is 9.14. The summed E-state index contributed by atoms with van der Waals surface area (Å²) in [5.74, 6) is 0. The van der Waals surface area contributed by atoms with Crippen molar-refractivity contribution in [2.75, 3.05) is 0 Å². The van der Waals surface area contributed by atoms with E-state index in [-0.39, 0.29) is 0 Å². The highest BCUT2D eigenvalue weighted by molar-refractivity contribution is 7.19. The number of hydrogen-bond acceptors (Lipinski definition) is 3. The summed E-state index contributed by atoms with van der Waals surface area (Å²) in [6.07, 6.45) is 0. The maximum atomic E-state index is 8.61. The normalized spacial score (nSPS) is 10.0. The van der Waals surface area contributed by atoms with Gasteiger partial charge in [0.05, 0.1) is 10.2 Å². The zero-order chi connectivity index (χ0) is 8.55. The predicted molar refractivity (Wildman–Crippen MR) is 49.1 cm³/mol. The summed E-state index contributed by atoms with van der Waals surface area (Å²) in [4.78, 5) is 4.13. The summed E-state index contributed by atoms with van der Waals surface area (Å²) in [6, 6.07) is 8.04. The standard InChI is InChI=1S/C9H6N2S/c1-6-2-3-7-8(4-6)12-9(5-10)11-7/h2-4H,1H3. The molecule has 0 aliphatic rings. The number of benzene rings is 1. The van der Waals surface area contributed by atoms with Crippen molar-refractivity contribution in [3.05, 3.63) is 28.8 Å². The molecule has 0 fully saturated rings. The average molecular weight is 174 g/mol. The Morgan fingerprint density at radius 1 is 1.50 bits per heavy atom. The van der Waals surface area contributed by atoms with Crippen LogP contribution in [0.25, 0.3) is 10.2 Å². The first kappa shape index (κ1) is 7.26. The Bertz CT molecular complexity index is 465. The fourth-order valence-electron chi connectivity index (χ4n) is 1.08. The van der Waals surface area contributed by atoms with Crippen molar-refractivity contribution in [2.45, 2.75) is 6.92 Å². The van der Waals surface area contributed by atoms with E-state index in [1.54, 1.807) is 0 Å². The van der Waals surface area contributed by atoms with Gasteiger partial charge in [-0.1, -0.05) is 6.07 Å². The van der Waals surface area contributed by atoms with Crippen LogP contribution in [-0.2, 0) is 0 Å². The summed E-state index contributed by atoms with van der Waals surface area (Å²) in [5.41, 5.74) is 2.12. The first-order valence-electron chi connectivity index (χ1n) is 3.57. The van der Waals surface area contributed by atoms with Gasteiger partial charge in [0.1, 0.15) is 6.07 Å². The molecule has 12 heavy (non-hydrogen) atoms. The highest BCUT2D eigenvalue weighted by Gasteiger charge is 2.01. The number of fused-ring (bicyclic) bond motifs is 1. The van der Waals surface area contributed by atoms with E-state index >= 15 is 0 Å². The molecule has 0 bridgehead atoms. The van der Waals surface area contributed by atoms with Gasteiger partial charge in [0, 0.05) is 0 Å². The maximum absolute atomic E-state index is 8.61. The van der Waals surface area contributed by atoms with Gasteiger partial charge < -0.3 is 0 Å². The van der Waals surface area contributed by atoms with Gasteiger partial charge in [-0.15, -0.1) is 11.3 Å². The van der Waals surface area contributed by atoms with E-state index in [0.29, 0.717) is 5.01 Å². The minimum absolute atomic E-state index is 0.538. The molecule has 0 spiro atoms. The third-order valence-electron chi connectivity index (χ3n) is 1.64. The van der Waals surface area contributed by atoms with Crippen molar-refractivity contribution in [1.82, 2.24) is 4.98 Å². The Morgan fingerprint density at radius 3 is 3.08 bits per heavy atom. The van der Waals surface area contributed by atoms with Gasteiger partial charge in [-0.25, -0.2) is 4.98 Å². The van der Waals surface area contributed by atoms with Gasteiger partial charge in [0.15, 0.2) is 5.01 Å². The third-order valence-corrected chi connectivity index (χ3v) is 2.56. The lowest BCUT2D eigenvalue weighted by atomic mass is 10.2. The molecule has 0 saturated carbocycles. The lowest BCUT2D eigenvalue weighted by molar-refractivity contribution is 1.39. The number of rotatable bonds is 0. The van der Waals surface area contributed by atoms with Crippen molar-refractivity contribution in [1.29, 1.82) is 5.26 Å². The Balaban J connectivity index is 2.77. The Hall–Kier alpha value is -1.40. The van der Waals surface area contributed by atoms with Gasteiger partial charge >= 0.3 is 0 Å². The molecule has 58 valence electrons. The van der Waals surface area contributed by atoms with Crippen LogP contribution in [0.4, 0.5) is 0 Å². The average Bonchev–Trinajstić information content (AvgIpc) is 2.46. The van der Waals surface area contributed by atoms with Crippen LogP contribution < -0.4 is 0 Å². The smallest absolute Gasteiger partial charge is 0.195 e. The Labute approximate surface area is 74.1 Å². The van der Waals surface area contributed by atoms with Crippen molar-refractivity contribution in [3.63, 3.8) is 0 Å². The highest BCUT2D eigenvalue weighted by Crippen LogP contribution is 2.22. The fraction of sp³-hybridized carbons (Fsp3) is 0.111. The quantitative estimate of drug-likeness (QED) is 0.615. The van der Waals surface area contributed by atoms with Crippen molar-refractivity contribution >= 4 is 21.6 Å². The van der Waals surface area contributed by atoms with Crippen molar-refractivity contribution in [3.8, 4) is 6.07 Å². The summed E-state index contributed by atoms with van der Waals surface area (Å²) < 4.78 is 1.09. The van der Waals surface area contributed by atoms with Crippen LogP contribution in [0.1, 0.15) is 10.6 Å². The molecular weight excluding hydrogens is 168 g/mol. The number of aromatic nitrogens is 1. The van der Waals surface area contributed by atoms with Crippen LogP contribution in [0.5, 0.6) is 0 Å². The van der Waals surface area contributed by atoms with Crippen LogP contribution in [0, 0.1) is 18.3 Å². The second kappa shape index (κ2) is 2.58. The van der Waals surface area contributed by atoms with E-state index in [2.05, 4.69) is 4.98 Å². The fourth-order valence-corrected chi connectivity index (χ4v) is 1.94. The molecule has 0 unspecified atom stereocenters. The van der Waals surface area contributed by atoms with Gasteiger partial charge in [-0.3, -0.25) is 0 Å². The predicted octanol–water partition coefficient (Wildman–Crippen LogP) is 2.48. The van der Waals surface area contributed by atoms with E-state index < -0.39 is 0 Å². The minimum Gasteiger partial charge on any atom is -0.226 e. The van der Waals surface area contributed by atoms with Crippen molar-refractivity contribution < 1.29 is 0 Å². The number of nitrogens with zero attached hydrogens (tertiary/aromatic N) is 2. The Morgan fingerprint density at radius 2 is 2.33 bits per heavy atom. The first-order valence-corrected chi connectivity index (χ1v) is 4.38. The van der Waals surface area contributed by atoms with E-state index in [0.717, 1.165) is 10.2 Å². The van der Waals surface area contributed by atoms with E-state index in [1.807, 2.05) is 31.2 Å². The number of aryl methyl sites for hydroxylation is 1. The molecule has 1 aromatic heterocycles. The topological polar surface area (TPSA) is 36.7 Å². The molecule has 0 saturated heterocycles. The van der Waals surface area contributed by atoms with E-state index in [9.17, 15) is 0 Å². The highest BCUT2D eigenvalue weighted by atomic mass is 32.1. The molecule has 2 nitrogen and oxygen atoms in total. The molecule has 3 heteroatoms. The monoisotopic (exact) mass is 174 g/mol. The van der Waals surface area contributed by atoms with E-state index in [1.165, 1.54) is 16.9 Å². The Kier molecular flexibility index (Phi) is 1.56. The third kappa shape index (κ3) is 1.06. The molecule has 2 aromatic rings. The van der Waals surface area contributed by atoms with Gasteiger partial charge in [0.25, 0.3) is 0 Å². The number of thiazole rings is 1. The number of hydrogen-bond donors (Lipinski definition) is 0. The molecule has 1 heterocycles. The minimum atomic E-state index is 0.538. The summed E-state index contributed by atoms with van der Waals surface area (Å²) in [7, 11) is 0. The molecule has 0 aliphatic carbocycles. The van der Waals surface area contributed by atoms with Gasteiger partial charge in [0.2, 0.25) is 0 Å². The second-order valence-corrected chi connectivity index (χ2v) is 3.63. The van der Waals surface area contributed by atoms with Crippen LogP contribution in [0.15, 0.2) is 18.2 Å². The molecule has 0 atom stereocenters. The lowest BCUT2D eigenvalue weighted by Crippen LogP contribution is -1.71. The molecule has 0 N–H and O–H groups in total. The molecule has 0 radical (unpaired) electrons. The number of nitriles is 1. The SMILES string of the molecule is Cc1ccc2nc(C#N)sc2c1. The van der Waals surface area contributed by atoms with Gasteiger partial charge in [-0.05, 0) is 24.6 Å². The summed E-state index contributed by atoms with van der Waals surface area (Å²) >= 11 is 1.44. The van der Waals surface area contributed by atoms with Crippen LogP contribution in [0.3, 0.4) is 0 Å². The summed E-state index contributed by atoms with van der Waals surface area (Å²) in [6.45, 7) is 2.03. The largest absolute Gasteiger partial charge is 0.226 e. The lowest BCUT2D eigenvalue weighted by Gasteiger charge is -1.88. The molecule has 2 rings (SSSR count). The molecule has 0 amide bonds. The zero-order valence-electron chi connectivity index (χ0n) is 6.53.